The molecule has 0 saturated heterocycles. The molecule has 2 aromatic carbocycles. The third kappa shape index (κ3) is 3.25. The lowest BCUT2D eigenvalue weighted by Crippen LogP contribution is -1.95. The Hall–Kier alpha value is -2.64. The van der Waals surface area contributed by atoms with E-state index >= 15 is 0 Å². The number of phenolic OH excluding ortho intramolecular Hbond substituents is 2. The second-order valence-electron chi connectivity index (χ2n) is 4.66. The van der Waals surface area contributed by atoms with Gasteiger partial charge in [-0.3, -0.25) is 0 Å². The molecule has 0 aliphatic carbocycles. The molecule has 0 fully saturated rings. The summed E-state index contributed by atoms with van der Waals surface area (Å²) in [6.07, 6.45) is 1.50. The number of hydrogen-bond acceptors (Lipinski definition) is 5. The summed E-state index contributed by atoms with van der Waals surface area (Å²) in [5.74, 6) is 0.123. The van der Waals surface area contributed by atoms with Crippen LogP contribution in [0.3, 0.4) is 0 Å². The summed E-state index contributed by atoms with van der Waals surface area (Å²) in [4.78, 5) is 0. The van der Waals surface area contributed by atoms with E-state index in [1.54, 1.807) is 18.2 Å². The predicted molar refractivity (Wildman–Crippen MR) is 90.6 cm³/mol. The number of rotatable bonds is 3. The van der Waals surface area contributed by atoms with Crippen molar-refractivity contribution in [2.75, 3.05) is 0 Å². The van der Waals surface area contributed by atoms with E-state index in [1.807, 2.05) is 12.1 Å². The van der Waals surface area contributed by atoms with Crippen molar-refractivity contribution in [2.45, 2.75) is 0 Å². The number of phenols is 2. The van der Waals surface area contributed by atoms with Crippen LogP contribution < -0.4 is 0 Å². The van der Waals surface area contributed by atoms with E-state index in [1.165, 1.54) is 23.0 Å². The molecule has 0 spiro atoms. The van der Waals surface area contributed by atoms with Crippen molar-refractivity contribution in [1.29, 1.82) is 0 Å². The molecule has 0 unspecified atom stereocenters. The fourth-order valence-electron chi connectivity index (χ4n) is 1.93. The first-order chi connectivity index (χ1) is 11.0. The van der Waals surface area contributed by atoms with Gasteiger partial charge >= 0.3 is 0 Å². The minimum Gasteiger partial charge on any atom is -0.504 e. The van der Waals surface area contributed by atoms with Crippen LogP contribution >= 0.6 is 23.8 Å². The SMILES string of the molecule is Oc1ccc(C=Nn2c(-c3ccc(Cl)cc3)n[nH]c2=S)cc1O. The first kappa shape index (κ1) is 15.3. The molecule has 0 aliphatic heterocycles. The molecule has 0 bridgehead atoms. The lowest BCUT2D eigenvalue weighted by molar-refractivity contribution is 0.403. The average Bonchev–Trinajstić information content (AvgIpc) is 2.90. The van der Waals surface area contributed by atoms with Crippen LogP contribution in [0.4, 0.5) is 0 Å². The molecule has 8 heteroatoms. The normalized spacial score (nSPS) is 11.2. The summed E-state index contributed by atoms with van der Waals surface area (Å²) >= 11 is 11.1. The Bertz CT molecular complexity index is 931. The summed E-state index contributed by atoms with van der Waals surface area (Å²) < 4.78 is 1.79. The van der Waals surface area contributed by atoms with Crippen LogP contribution in [0.1, 0.15) is 5.56 Å². The third-order valence-electron chi connectivity index (χ3n) is 3.07. The quantitative estimate of drug-likeness (QED) is 0.384. The van der Waals surface area contributed by atoms with E-state index in [9.17, 15) is 10.2 Å². The van der Waals surface area contributed by atoms with Crippen molar-refractivity contribution in [3.05, 3.63) is 57.8 Å². The van der Waals surface area contributed by atoms with Crippen molar-refractivity contribution in [3.8, 4) is 22.9 Å². The maximum atomic E-state index is 9.50. The molecule has 3 aromatic rings. The number of benzene rings is 2. The first-order valence-electron chi connectivity index (χ1n) is 6.54. The number of aromatic nitrogens is 3. The van der Waals surface area contributed by atoms with Gasteiger partial charge in [0.1, 0.15) is 0 Å². The number of H-pyrrole nitrogens is 1. The van der Waals surface area contributed by atoms with Gasteiger partial charge in [0.05, 0.1) is 6.21 Å². The number of halogens is 1. The van der Waals surface area contributed by atoms with Crippen molar-refractivity contribution < 1.29 is 10.2 Å². The first-order valence-corrected chi connectivity index (χ1v) is 7.33. The van der Waals surface area contributed by atoms with E-state index in [-0.39, 0.29) is 11.5 Å². The number of nitrogens with zero attached hydrogens (tertiary/aromatic N) is 3. The van der Waals surface area contributed by atoms with Gasteiger partial charge in [-0.05, 0) is 60.2 Å². The molecule has 0 saturated carbocycles. The monoisotopic (exact) mass is 346 g/mol. The van der Waals surface area contributed by atoms with Gasteiger partial charge in [0.2, 0.25) is 4.77 Å². The van der Waals surface area contributed by atoms with Gasteiger partial charge in [0.15, 0.2) is 17.3 Å². The Morgan fingerprint density at radius 3 is 2.57 bits per heavy atom. The van der Waals surface area contributed by atoms with E-state index in [0.29, 0.717) is 21.2 Å². The molecule has 3 rings (SSSR count). The number of aromatic amines is 1. The van der Waals surface area contributed by atoms with Crippen molar-refractivity contribution in [1.82, 2.24) is 14.9 Å². The van der Waals surface area contributed by atoms with Gasteiger partial charge in [-0.25, -0.2) is 5.10 Å². The summed E-state index contributed by atoms with van der Waals surface area (Å²) in [6.45, 7) is 0. The highest BCUT2D eigenvalue weighted by atomic mass is 35.5. The van der Waals surface area contributed by atoms with Crippen molar-refractivity contribution in [3.63, 3.8) is 0 Å². The molecule has 1 heterocycles. The highest BCUT2D eigenvalue weighted by Crippen LogP contribution is 2.24. The Morgan fingerprint density at radius 1 is 1.13 bits per heavy atom. The second kappa shape index (κ2) is 6.23. The highest BCUT2D eigenvalue weighted by molar-refractivity contribution is 7.71. The maximum absolute atomic E-state index is 9.50. The zero-order valence-electron chi connectivity index (χ0n) is 11.6. The summed E-state index contributed by atoms with van der Waals surface area (Å²) in [5, 5.41) is 30.6. The molecular weight excluding hydrogens is 336 g/mol. The van der Waals surface area contributed by atoms with E-state index in [0.717, 1.165) is 5.56 Å². The van der Waals surface area contributed by atoms with Gasteiger partial charge in [-0.1, -0.05) is 11.6 Å². The van der Waals surface area contributed by atoms with Crippen molar-refractivity contribution in [2.24, 2.45) is 5.10 Å². The van der Waals surface area contributed by atoms with E-state index < -0.39 is 0 Å². The smallest absolute Gasteiger partial charge is 0.216 e. The fraction of sp³-hybridized carbons (Fsp3) is 0. The molecule has 23 heavy (non-hydrogen) atoms. The van der Waals surface area contributed by atoms with Crippen LogP contribution in [0, 0.1) is 4.77 Å². The highest BCUT2D eigenvalue weighted by Gasteiger charge is 2.08. The van der Waals surface area contributed by atoms with Crippen LogP contribution in [-0.4, -0.2) is 31.3 Å². The third-order valence-corrected chi connectivity index (χ3v) is 3.59. The lowest BCUT2D eigenvalue weighted by atomic mass is 10.2. The number of hydrogen-bond donors (Lipinski definition) is 3. The van der Waals surface area contributed by atoms with Gasteiger partial charge in [0.25, 0.3) is 0 Å². The lowest BCUT2D eigenvalue weighted by Gasteiger charge is -2.02. The minimum absolute atomic E-state index is 0.191. The van der Waals surface area contributed by atoms with Gasteiger partial charge in [-0.2, -0.15) is 14.9 Å². The van der Waals surface area contributed by atoms with Crippen LogP contribution in [0.2, 0.25) is 5.02 Å². The van der Waals surface area contributed by atoms with Crippen LogP contribution in [0.5, 0.6) is 11.5 Å². The number of aromatic hydroxyl groups is 2. The zero-order chi connectivity index (χ0) is 16.4. The molecular formula is C15H11ClN4O2S. The van der Waals surface area contributed by atoms with Gasteiger partial charge in [-0.15, -0.1) is 0 Å². The molecule has 6 nitrogen and oxygen atoms in total. The minimum atomic E-state index is -0.220. The molecule has 3 N–H and O–H groups in total. The Balaban J connectivity index is 1.98. The molecule has 0 aliphatic rings. The molecule has 0 radical (unpaired) electrons. The van der Waals surface area contributed by atoms with Crippen LogP contribution in [0.25, 0.3) is 11.4 Å². The summed E-state index contributed by atoms with van der Waals surface area (Å²) in [6, 6.07) is 11.5. The average molecular weight is 347 g/mol. The molecule has 116 valence electrons. The zero-order valence-corrected chi connectivity index (χ0v) is 13.2. The second-order valence-corrected chi connectivity index (χ2v) is 5.49. The molecule has 0 amide bonds. The predicted octanol–water partition coefficient (Wildman–Crippen LogP) is 3.55. The van der Waals surface area contributed by atoms with E-state index in [2.05, 4.69) is 15.3 Å². The largest absolute Gasteiger partial charge is 0.504 e. The molecule has 1 aromatic heterocycles. The van der Waals surface area contributed by atoms with Gasteiger partial charge < -0.3 is 10.2 Å². The Labute approximate surface area is 141 Å². The Kier molecular flexibility index (Phi) is 4.14. The fourth-order valence-corrected chi connectivity index (χ4v) is 2.24. The van der Waals surface area contributed by atoms with Crippen LogP contribution in [-0.2, 0) is 0 Å². The Morgan fingerprint density at radius 2 is 1.87 bits per heavy atom. The van der Waals surface area contributed by atoms with Gasteiger partial charge in [0, 0.05) is 10.6 Å². The standard InChI is InChI=1S/C15H11ClN4O2S/c16-11-4-2-10(3-5-11)14-18-19-15(23)20(14)17-8-9-1-6-12(21)13(22)7-9/h1-8,21-22H,(H,19,23). The number of nitrogens with one attached hydrogen (secondary N) is 1. The maximum Gasteiger partial charge on any atom is 0.216 e. The van der Waals surface area contributed by atoms with Crippen LogP contribution in [0.15, 0.2) is 47.6 Å². The van der Waals surface area contributed by atoms with Crippen molar-refractivity contribution >= 4 is 30.0 Å². The van der Waals surface area contributed by atoms with E-state index in [4.69, 9.17) is 23.8 Å². The summed E-state index contributed by atoms with van der Waals surface area (Å²) in [7, 11) is 0. The summed E-state index contributed by atoms with van der Waals surface area (Å²) in [5.41, 5.74) is 1.40. The molecule has 0 atom stereocenters. The topological polar surface area (TPSA) is 86.4 Å².